The molecule has 1 aromatic rings. The Labute approximate surface area is 122 Å². The molecule has 0 saturated carbocycles. The highest BCUT2D eigenvalue weighted by Crippen LogP contribution is 2.34. The third-order valence-corrected chi connectivity index (χ3v) is 4.28. The van der Waals surface area contributed by atoms with Crippen molar-refractivity contribution in [1.82, 2.24) is 4.72 Å². The molecule has 0 aliphatic carbocycles. The number of anilines is 1. The van der Waals surface area contributed by atoms with Gasteiger partial charge in [0.15, 0.2) is 0 Å². The summed E-state index contributed by atoms with van der Waals surface area (Å²) >= 11 is 11.8. The molecule has 0 bridgehead atoms. The van der Waals surface area contributed by atoms with Crippen molar-refractivity contribution >= 4 is 44.9 Å². The van der Waals surface area contributed by atoms with Gasteiger partial charge in [-0.3, -0.25) is 0 Å². The molecule has 0 unspecified atom stereocenters. The normalized spacial score (nSPS) is 19.5. The van der Waals surface area contributed by atoms with Gasteiger partial charge in [0.25, 0.3) is 10.0 Å². The highest BCUT2D eigenvalue weighted by Gasteiger charge is 2.30. The summed E-state index contributed by atoms with van der Waals surface area (Å²) in [6.45, 7) is 5.57. The van der Waals surface area contributed by atoms with Gasteiger partial charge in [-0.25, -0.2) is 18.1 Å². The largest absolute Gasteiger partial charge is 0.324 e. The number of nitrogens with zero attached hydrogens (tertiary/aromatic N) is 1. The monoisotopic (exact) mass is 321 g/mol. The van der Waals surface area contributed by atoms with E-state index in [1.807, 2.05) is 20.8 Å². The highest BCUT2D eigenvalue weighted by atomic mass is 35.5. The first-order chi connectivity index (χ1) is 8.58. The maximum Gasteiger partial charge on any atom is 0.267 e. The lowest BCUT2D eigenvalue weighted by Crippen LogP contribution is -2.42. The minimum atomic E-state index is -3.74. The summed E-state index contributed by atoms with van der Waals surface area (Å²) in [4.78, 5) is 4.23. The standard InChI is InChI=1S/C11H13Cl2N3O2S/c1-11(2,3)15-10-14-8-5-6(12)4-7(13)9(8)19(17,18)16-10/h4-5H,1-3H3,(H2,14,15,16). The van der Waals surface area contributed by atoms with Gasteiger partial charge in [0.2, 0.25) is 5.96 Å². The second-order valence-electron chi connectivity index (χ2n) is 5.13. The molecule has 0 fully saturated rings. The Balaban J connectivity index is 2.60. The molecule has 0 atom stereocenters. The van der Waals surface area contributed by atoms with Gasteiger partial charge in [-0.1, -0.05) is 23.2 Å². The van der Waals surface area contributed by atoms with E-state index in [-0.39, 0.29) is 15.9 Å². The lowest BCUT2D eigenvalue weighted by atomic mass is 10.1. The lowest BCUT2D eigenvalue weighted by Gasteiger charge is -2.25. The summed E-state index contributed by atoms with van der Waals surface area (Å²) in [6.07, 6.45) is 0. The summed E-state index contributed by atoms with van der Waals surface area (Å²) in [5.41, 5.74) is -0.107. The summed E-state index contributed by atoms with van der Waals surface area (Å²) in [5, 5.41) is 3.30. The first-order valence-electron chi connectivity index (χ1n) is 5.47. The topological polar surface area (TPSA) is 70.6 Å². The fourth-order valence-electron chi connectivity index (χ4n) is 1.64. The average molecular weight is 322 g/mol. The Morgan fingerprint density at radius 1 is 1.21 bits per heavy atom. The van der Waals surface area contributed by atoms with E-state index in [1.54, 1.807) is 0 Å². The Bertz CT molecular complexity index is 663. The number of hydrogen-bond donors (Lipinski definition) is 2. The van der Waals surface area contributed by atoms with E-state index in [4.69, 9.17) is 23.2 Å². The number of guanidine groups is 1. The van der Waals surface area contributed by atoms with Gasteiger partial charge in [-0.15, -0.1) is 0 Å². The van der Waals surface area contributed by atoms with Crippen LogP contribution >= 0.6 is 23.2 Å². The number of halogens is 2. The van der Waals surface area contributed by atoms with Crippen molar-refractivity contribution in [3.05, 3.63) is 22.2 Å². The Hall–Kier alpha value is -0.980. The molecule has 2 N–H and O–H groups in total. The smallest absolute Gasteiger partial charge is 0.267 e. The molecule has 2 rings (SSSR count). The van der Waals surface area contributed by atoms with Gasteiger partial charge >= 0.3 is 0 Å². The molecule has 1 aromatic carbocycles. The van der Waals surface area contributed by atoms with Crippen molar-refractivity contribution in [3.63, 3.8) is 0 Å². The van der Waals surface area contributed by atoms with Crippen molar-refractivity contribution in [2.45, 2.75) is 31.2 Å². The first kappa shape index (κ1) is 14.4. The van der Waals surface area contributed by atoms with Gasteiger partial charge < -0.3 is 5.32 Å². The van der Waals surface area contributed by atoms with Crippen LogP contribution in [-0.4, -0.2) is 19.9 Å². The second-order valence-corrected chi connectivity index (χ2v) is 7.59. The van der Waals surface area contributed by atoms with Gasteiger partial charge in [0.05, 0.1) is 16.2 Å². The van der Waals surface area contributed by atoms with Gasteiger partial charge in [-0.05, 0) is 32.9 Å². The number of benzene rings is 1. The summed E-state index contributed by atoms with van der Waals surface area (Å²) < 4.78 is 26.6. The van der Waals surface area contributed by atoms with Crippen molar-refractivity contribution < 1.29 is 8.42 Å². The average Bonchev–Trinajstić information content (AvgIpc) is 2.09. The van der Waals surface area contributed by atoms with Gasteiger partial charge in [-0.2, -0.15) is 0 Å². The maximum atomic E-state index is 12.1. The fourth-order valence-corrected chi connectivity index (χ4v) is 3.61. The molecular weight excluding hydrogens is 309 g/mol. The fraction of sp³-hybridized carbons (Fsp3) is 0.364. The predicted octanol–water partition coefficient (Wildman–Crippen LogP) is 2.85. The number of sulfonamides is 1. The summed E-state index contributed by atoms with van der Waals surface area (Å²) in [6, 6.07) is 2.88. The van der Waals surface area contributed by atoms with Crippen LogP contribution in [0, 0.1) is 0 Å². The van der Waals surface area contributed by atoms with Gasteiger partial charge in [0, 0.05) is 5.02 Å². The van der Waals surface area contributed by atoms with Crippen molar-refractivity contribution in [3.8, 4) is 0 Å². The molecule has 5 nitrogen and oxygen atoms in total. The van der Waals surface area contributed by atoms with E-state index in [1.165, 1.54) is 12.1 Å². The number of fused-ring (bicyclic) bond motifs is 1. The van der Waals surface area contributed by atoms with E-state index >= 15 is 0 Å². The maximum absolute atomic E-state index is 12.1. The number of aliphatic imine (C=N–C) groups is 1. The number of rotatable bonds is 0. The van der Waals surface area contributed by atoms with Crippen LogP contribution < -0.4 is 10.0 Å². The molecule has 1 heterocycles. The van der Waals surface area contributed by atoms with Crippen molar-refractivity contribution in [2.24, 2.45) is 4.99 Å². The third-order valence-electron chi connectivity index (χ3n) is 2.21. The molecule has 0 saturated heterocycles. The molecule has 0 amide bonds. The van der Waals surface area contributed by atoms with Crippen LogP contribution in [0.2, 0.25) is 10.0 Å². The van der Waals surface area contributed by atoms with E-state index in [0.29, 0.717) is 10.7 Å². The molecule has 0 radical (unpaired) electrons. The Morgan fingerprint density at radius 2 is 1.84 bits per heavy atom. The van der Waals surface area contributed by atoms with Gasteiger partial charge in [0.1, 0.15) is 4.90 Å². The Kier molecular flexibility index (Phi) is 3.45. The molecule has 19 heavy (non-hydrogen) atoms. The van der Waals surface area contributed by atoms with Crippen molar-refractivity contribution in [2.75, 3.05) is 5.32 Å². The number of hydrogen-bond acceptors (Lipinski definition) is 3. The van der Waals surface area contributed by atoms with E-state index < -0.39 is 15.6 Å². The molecule has 1 aliphatic heterocycles. The van der Waals surface area contributed by atoms with E-state index in [9.17, 15) is 8.42 Å². The lowest BCUT2D eigenvalue weighted by molar-refractivity contribution is 0.576. The minimum Gasteiger partial charge on any atom is -0.324 e. The highest BCUT2D eigenvalue weighted by molar-refractivity contribution is 7.90. The quantitative estimate of drug-likeness (QED) is 0.771. The minimum absolute atomic E-state index is 0.0218. The molecular formula is C11H13Cl2N3O2S. The zero-order valence-corrected chi connectivity index (χ0v) is 12.9. The molecule has 0 aromatic heterocycles. The van der Waals surface area contributed by atoms with Crippen molar-refractivity contribution in [1.29, 1.82) is 0 Å². The second kappa shape index (κ2) is 4.54. The van der Waals surface area contributed by atoms with E-state index in [2.05, 4.69) is 15.0 Å². The van der Waals surface area contributed by atoms with Crippen LogP contribution in [0.25, 0.3) is 0 Å². The van der Waals surface area contributed by atoms with Crippen LogP contribution in [0.5, 0.6) is 0 Å². The Morgan fingerprint density at radius 3 is 2.42 bits per heavy atom. The van der Waals surface area contributed by atoms with Crippen LogP contribution in [-0.2, 0) is 10.0 Å². The SMILES string of the molecule is CC(C)(C)N=C1Nc2cc(Cl)cc(Cl)c2S(=O)(=O)N1. The van der Waals surface area contributed by atoms with Crippen LogP contribution in [0.3, 0.4) is 0 Å². The molecule has 0 spiro atoms. The van der Waals surface area contributed by atoms with Crippen LogP contribution in [0.15, 0.2) is 22.0 Å². The zero-order valence-electron chi connectivity index (χ0n) is 10.6. The molecule has 1 aliphatic rings. The molecule has 104 valence electrons. The third kappa shape index (κ3) is 3.13. The first-order valence-corrected chi connectivity index (χ1v) is 7.71. The van der Waals surface area contributed by atoms with Crippen LogP contribution in [0.1, 0.15) is 20.8 Å². The number of nitrogens with one attached hydrogen (secondary N) is 2. The predicted molar refractivity (Wildman–Crippen MR) is 77.6 cm³/mol. The van der Waals surface area contributed by atoms with E-state index in [0.717, 1.165) is 0 Å². The molecule has 8 heteroatoms. The summed E-state index contributed by atoms with van der Waals surface area (Å²) in [7, 11) is -3.74. The van der Waals surface area contributed by atoms with Crippen LogP contribution in [0.4, 0.5) is 5.69 Å². The summed E-state index contributed by atoms with van der Waals surface area (Å²) in [5.74, 6) is 0.151. The zero-order chi connectivity index (χ0) is 14.4.